The third-order valence-electron chi connectivity index (χ3n) is 1.88. The summed E-state index contributed by atoms with van der Waals surface area (Å²) in [5.41, 5.74) is 5.59. The van der Waals surface area contributed by atoms with E-state index in [-0.39, 0.29) is 5.95 Å². The summed E-state index contributed by atoms with van der Waals surface area (Å²) in [6, 6.07) is 1.79. The Balaban J connectivity index is 2.29. The lowest BCUT2D eigenvalue weighted by Crippen LogP contribution is -2.11. The third-order valence-corrected chi connectivity index (χ3v) is 1.88. The zero-order valence-electron chi connectivity index (χ0n) is 8.96. The predicted molar refractivity (Wildman–Crippen MR) is 60.1 cm³/mol. The molecule has 0 bridgehead atoms. The number of aromatic nitrogens is 5. The zero-order valence-corrected chi connectivity index (χ0v) is 8.96. The summed E-state index contributed by atoms with van der Waals surface area (Å²) in [6.45, 7) is 2.86. The van der Waals surface area contributed by atoms with Crippen LogP contribution < -0.4 is 11.1 Å². The van der Waals surface area contributed by atoms with Crippen molar-refractivity contribution in [3.63, 3.8) is 0 Å². The predicted octanol–water partition coefficient (Wildman–Crippen LogP) is 0.461. The van der Waals surface area contributed by atoms with E-state index in [1.165, 1.54) is 4.68 Å². The van der Waals surface area contributed by atoms with Gasteiger partial charge in [0.25, 0.3) is 5.95 Å². The molecule has 0 fully saturated rings. The monoisotopic (exact) mass is 219 g/mol. The highest BCUT2D eigenvalue weighted by molar-refractivity contribution is 5.34. The van der Waals surface area contributed by atoms with Crippen molar-refractivity contribution in [3.8, 4) is 5.95 Å². The fourth-order valence-electron chi connectivity index (χ4n) is 1.19. The molecule has 0 aliphatic rings. The first-order valence-electron chi connectivity index (χ1n) is 5.05. The molecule has 0 amide bonds. The second kappa shape index (κ2) is 4.56. The highest BCUT2D eigenvalue weighted by Gasteiger charge is 2.05. The standard InChI is InChI=1S/C9H13N7/c1-2-4-11-8-13-7(10)14-9(15-8)16-6-3-5-12-16/h3,5-6H,2,4H2,1H3,(H3,10,11,13,14,15). The van der Waals surface area contributed by atoms with Crippen molar-refractivity contribution in [2.75, 3.05) is 17.6 Å². The van der Waals surface area contributed by atoms with Crippen molar-refractivity contribution in [2.45, 2.75) is 13.3 Å². The quantitative estimate of drug-likeness (QED) is 0.775. The van der Waals surface area contributed by atoms with Gasteiger partial charge in [-0.15, -0.1) is 0 Å². The lowest BCUT2D eigenvalue weighted by atomic mass is 10.5. The van der Waals surface area contributed by atoms with Crippen molar-refractivity contribution in [1.82, 2.24) is 24.7 Å². The van der Waals surface area contributed by atoms with Gasteiger partial charge in [-0.1, -0.05) is 6.92 Å². The summed E-state index contributed by atoms with van der Waals surface area (Å²) in [7, 11) is 0. The maximum absolute atomic E-state index is 5.59. The van der Waals surface area contributed by atoms with Gasteiger partial charge in [0.15, 0.2) is 0 Å². The first-order chi connectivity index (χ1) is 7.79. The highest BCUT2D eigenvalue weighted by Crippen LogP contribution is 2.05. The van der Waals surface area contributed by atoms with Crippen LogP contribution in [0.1, 0.15) is 13.3 Å². The van der Waals surface area contributed by atoms with Crippen LogP contribution in [0.2, 0.25) is 0 Å². The minimum atomic E-state index is 0.180. The summed E-state index contributed by atoms with van der Waals surface area (Å²) in [5, 5.41) is 7.08. The number of nitrogen functional groups attached to an aromatic ring is 1. The van der Waals surface area contributed by atoms with E-state index >= 15 is 0 Å². The van der Waals surface area contributed by atoms with Crippen LogP contribution in [-0.4, -0.2) is 31.3 Å². The molecule has 0 aliphatic heterocycles. The van der Waals surface area contributed by atoms with Crippen molar-refractivity contribution in [3.05, 3.63) is 18.5 Å². The third kappa shape index (κ3) is 2.25. The molecule has 2 heterocycles. The number of hydrogen-bond donors (Lipinski definition) is 2. The summed E-state index contributed by atoms with van der Waals surface area (Å²) < 4.78 is 1.54. The van der Waals surface area contributed by atoms with Gasteiger partial charge in [-0.3, -0.25) is 0 Å². The molecule has 2 rings (SSSR count). The molecule has 0 saturated heterocycles. The van der Waals surface area contributed by atoms with Gasteiger partial charge in [-0.2, -0.15) is 20.1 Å². The molecule has 7 nitrogen and oxygen atoms in total. The average Bonchev–Trinajstić information content (AvgIpc) is 2.79. The van der Waals surface area contributed by atoms with Crippen LogP contribution >= 0.6 is 0 Å². The molecule has 2 aromatic rings. The Labute approximate surface area is 92.7 Å². The molecular weight excluding hydrogens is 206 g/mol. The van der Waals surface area contributed by atoms with Crippen LogP contribution in [0.5, 0.6) is 0 Å². The molecule has 3 N–H and O–H groups in total. The minimum absolute atomic E-state index is 0.180. The Morgan fingerprint density at radius 3 is 2.94 bits per heavy atom. The first kappa shape index (κ1) is 10.3. The summed E-state index contributed by atoms with van der Waals surface area (Å²) in [5.74, 6) is 1.06. The summed E-state index contributed by atoms with van der Waals surface area (Å²) in [4.78, 5) is 12.2. The molecule has 0 spiro atoms. The Bertz CT molecular complexity index is 451. The lowest BCUT2D eigenvalue weighted by Gasteiger charge is -2.05. The van der Waals surface area contributed by atoms with E-state index in [9.17, 15) is 0 Å². The van der Waals surface area contributed by atoms with Gasteiger partial charge in [0.05, 0.1) is 0 Å². The maximum Gasteiger partial charge on any atom is 0.257 e. The fraction of sp³-hybridized carbons (Fsp3) is 0.333. The highest BCUT2D eigenvalue weighted by atomic mass is 15.4. The molecule has 0 atom stereocenters. The Morgan fingerprint density at radius 1 is 1.38 bits per heavy atom. The van der Waals surface area contributed by atoms with Crippen molar-refractivity contribution in [1.29, 1.82) is 0 Å². The first-order valence-corrected chi connectivity index (χ1v) is 5.05. The fourth-order valence-corrected chi connectivity index (χ4v) is 1.19. The lowest BCUT2D eigenvalue weighted by molar-refractivity contribution is 0.797. The summed E-state index contributed by atoms with van der Waals surface area (Å²) >= 11 is 0. The van der Waals surface area contributed by atoms with Gasteiger partial charge in [-0.25, -0.2) is 4.68 Å². The van der Waals surface area contributed by atoms with Crippen LogP contribution in [0.3, 0.4) is 0 Å². The normalized spacial score (nSPS) is 10.3. The number of hydrogen-bond acceptors (Lipinski definition) is 6. The Morgan fingerprint density at radius 2 is 2.25 bits per heavy atom. The molecular formula is C9H13N7. The van der Waals surface area contributed by atoms with E-state index in [0.29, 0.717) is 11.9 Å². The Hall–Kier alpha value is -2.18. The second-order valence-corrected chi connectivity index (χ2v) is 3.19. The van der Waals surface area contributed by atoms with E-state index in [1.807, 2.05) is 0 Å². The number of anilines is 2. The molecule has 7 heteroatoms. The number of nitrogens with zero attached hydrogens (tertiary/aromatic N) is 5. The van der Waals surface area contributed by atoms with E-state index in [4.69, 9.17) is 5.73 Å². The topological polar surface area (TPSA) is 94.5 Å². The van der Waals surface area contributed by atoms with Crippen LogP contribution in [-0.2, 0) is 0 Å². The van der Waals surface area contributed by atoms with Gasteiger partial charge in [0.1, 0.15) is 0 Å². The van der Waals surface area contributed by atoms with E-state index in [0.717, 1.165) is 13.0 Å². The smallest absolute Gasteiger partial charge is 0.257 e. The molecule has 16 heavy (non-hydrogen) atoms. The van der Waals surface area contributed by atoms with Crippen molar-refractivity contribution >= 4 is 11.9 Å². The maximum atomic E-state index is 5.59. The largest absolute Gasteiger partial charge is 0.368 e. The molecule has 0 saturated carbocycles. The zero-order chi connectivity index (χ0) is 11.4. The average molecular weight is 219 g/mol. The van der Waals surface area contributed by atoms with Crippen LogP contribution in [0.4, 0.5) is 11.9 Å². The van der Waals surface area contributed by atoms with Gasteiger partial charge >= 0.3 is 0 Å². The number of nitrogens with one attached hydrogen (secondary N) is 1. The van der Waals surface area contributed by atoms with E-state index < -0.39 is 0 Å². The number of nitrogens with two attached hydrogens (primary N) is 1. The molecule has 2 aromatic heterocycles. The van der Waals surface area contributed by atoms with Crippen LogP contribution in [0, 0.1) is 0 Å². The Kier molecular flexibility index (Phi) is 2.95. The molecule has 84 valence electrons. The van der Waals surface area contributed by atoms with Crippen LogP contribution in [0.25, 0.3) is 5.95 Å². The van der Waals surface area contributed by atoms with E-state index in [2.05, 4.69) is 32.3 Å². The van der Waals surface area contributed by atoms with Crippen molar-refractivity contribution < 1.29 is 0 Å². The van der Waals surface area contributed by atoms with Gasteiger partial charge < -0.3 is 11.1 Å². The van der Waals surface area contributed by atoms with Gasteiger partial charge in [-0.05, 0) is 12.5 Å². The second-order valence-electron chi connectivity index (χ2n) is 3.19. The SMILES string of the molecule is CCCNc1nc(N)nc(-n2cccn2)n1. The molecule has 0 aliphatic carbocycles. The molecule has 0 unspecified atom stereocenters. The minimum Gasteiger partial charge on any atom is -0.368 e. The van der Waals surface area contributed by atoms with Gasteiger partial charge in [0.2, 0.25) is 11.9 Å². The molecule has 0 radical (unpaired) electrons. The number of rotatable bonds is 4. The van der Waals surface area contributed by atoms with Crippen LogP contribution in [0.15, 0.2) is 18.5 Å². The van der Waals surface area contributed by atoms with Gasteiger partial charge in [0, 0.05) is 18.9 Å². The summed E-state index contributed by atoms with van der Waals surface area (Å²) in [6.07, 6.45) is 4.39. The molecule has 0 aromatic carbocycles. The van der Waals surface area contributed by atoms with E-state index in [1.54, 1.807) is 18.5 Å². The van der Waals surface area contributed by atoms with Crippen molar-refractivity contribution in [2.24, 2.45) is 0 Å².